The molecule has 2 aromatic rings. The number of aromatic nitrogens is 4. The second-order valence-corrected chi connectivity index (χ2v) is 4.45. The van der Waals surface area contributed by atoms with Crippen molar-refractivity contribution in [1.29, 1.82) is 0 Å². The molecule has 1 atom stereocenters. The first-order valence-electron chi connectivity index (χ1n) is 5.80. The highest BCUT2D eigenvalue weighted by Crippen LogP contribution is 2.16. The van der Waals surface area contributed by atoms with Gasteiger partial charge in [0.2, 0.25) is 0 Å². The standard InChI is InChI=1S/C12H19N5/c1-8-5-11(16-15-8)6-13-9(2)12-7-14-17(4)10(12)3/h5,7,9,13H,6H2,1-4H3,(H,15,16). The van der Waals surface area contributed by atoms with E-state index in [0.29, 0.717) is 0 Å². The molecule has 0 saturated carbocycles. The van der Waals surface area contributed by atoms with Crippen LogP contribution in [0, 0.1) is 13.8 Å². The molecule has 2 aromatic heterocycles. The lowest BCUT2D eigenvalue weighted by Gasteiger charge is -2.12. The fourth-order valence-electron chi connectivity index (χ4n) is 1.87. The van der Waals surface area contributed by atoms with Crippen LogP contribution in [0.4, 0.5) is 0 Å². The lowest BCUT2D eigenvalue weighted by molar-refractivity contribution is 0.563. The fourth-order valence-corrected chi connectivity index (χ4v) is 1.87. The van der Waals surface area contributed by atoms with Crippen LogP contribution in [0.25, 0.3) is 0 Å². The topological polar surface area (TPSA) is 58.5 Å². The number of rotatable bonds is 4. The molecule has 92 valence electrons. The van der Waals surface area contributed by atoms with Gasteiger partial charge in [-0.05, 0) is 26.8 Å². The lowest BCUT2D eigenvalue weighted by atomic mass is 10.1. The molecule has 2 N–H and O–H groups in total. The molecular formula is C12H19N5. The molecule has 0 aliphatic carbocycles. The quantitative estimate of drug-likeness (QED) is 0.843. The van der Waals surface area contributed by atoms with Crippen molar-refractivity contribution in [3.05, 3.63) is 34.9 Å². The van der Waals surface area contributed by atoms with Crippen LogP contribution < -0.4 is 5.32 Å². The summed E-state index contributed by atoms with van der Waals surface area (Å²) in [6.45, 7) is 6.99. The van der Waals surface area contributed by atoms with E-state index >= 15 is 0 Å². The van der Waals surface area contributed by atoms with Gasteiger partial charge in [-0.3, -0.25) is 9.78 Å². The Morgan fingerprint density at radius 1 is 1.47 bits per heavy atom. The minimum Gasteiger partial charge on any atom is -0.304 e. The maximum absolute atomic E-state index is 4.25. The fraction of sp³-hybridized carbons (Fsp3) is 0.500. The van der Waals surface area contributed by atoms with Crippen LogP contribution in [-0.4, -0.2) is 20.0 Å². The molecule has 0 amide bonds. The molecule has 0 saturated heterocycles. The van der Waals surface area contributed by atoms with Gasteiger partial charge in [0.25, 0.3) is 0 Å². The number of aromatic amines is 1. The number of H-pyrrole nitrogens is 1. The van der Waals surface area contributed by atoms with Crippen molar-refractivity contribution >= 4 is 0 Å². The second-order valence-electron chi connectivity index (χ2n) is 4.45. The number of hydrogen-bond donors (Lipinski definition) is 2. The van der Waals surface area contributed by atoms with Crippen molar-refractivity contribution in [2.45, 2.75) is 33.4 Å². The molecule has 0 aromatic carbocycles. The minimum absolute atomic E-state index is 0.278. The van der Waals surface area contributed by atoms with Gasteiger partial charge in [0, 0.05) is 36.6 Å². The van der Waals surface area contributed by atoms with Gasteiger partial charge in [-0.25, -0.2) is 0 Å². The van der Waals surface area contributed by atoms with Crippen molar-refractivity contribution in [1.82, 2.24) is 25.3 Å². The molecule has 0 fully saturated rings. The summed E-state index contributed by atoms with van der Waals surface area (Å²) in [4.78, 5) is 0. The predicted molar refractivity (Wildman–Crippen MR) is 66.5 cm³/mol. The maximum Gasteiger partial charge on any atom is 0.0762 e. The Bertz CT molecular complexity index is 497. The Kier molecular flexibility index (Phi) is 3.28. The smallest absolute Gasteiger partial charge is 0.0762 e. The van der Waals surface area contributed by atoms with Crippen LogP contribution in [0.3, 0.4) is 0 Å². The molecule has 0 aliphatic heterocycles. The first-order chi connectivity index (χ1) is 8.08. The maximum atomic E-state index is 4.25. The normalized spacial score (nSPS) is 12.9. The van der Waals surface area contributed by atoms with E-state index in [1.807, 2.05) is 24.9 Å². The van der Waals surface area contributed by atoms with Crippen molar-refractivity contribution in [3.8, 4) is 0 Å². The zero-order valence-corrected chi connectivity index (χ0v) is 10.8. The third kappa shape index (κ3) is 2.55. The van der Waals surface area contributed by atoms with Gasteiger partial charge < -0.3 is 5.32 Å². The molecule has 5 heteroatoms. The van der Waals surface area contributed by atoms with Gasteiger partial charge in [-0.1, -0.05) is 0 Å². The summed E-state index contributed by atoms with van der Waals surface area (Å²) in [7, 11) is 1.96. The van der Waals surface area contributed by atoms with Crippen LogP contribution in [0.5, 0.6) is 0 Å². The van der Waals surface area contributed by atoms with Crippen molar-refractivity contribution in [3.63, 3.8) is 0 Å². The molecule has 2 rings (SSSR count). The number of nitrogens with one attached hydrogen (secondary N) is 2. The molecule has 5 nitrogen and oxygen atoms in total. The van der Waals surface area contributed by atoms with E-state index in [1.165, 1.54) is 11.3 Å². The molecule has 0 bridgehead atoms. The van der Waals surface area contributed by atoms with Crippen LogP contribution in [0.15, 0.2) is 12.3 Å². The first-order valence-corrected chi connectivity index (χ1v) is 5.80. The van der Waals surface area contributed by atoms with Gasteiger partial charge in [-0.2, -0.15) is 10.2 Å². The number of nitrogens with zero attached hydrogens (tertiary/aromatic N) is 3. The van der Waals surface area contributed by atoms with Gasteiger partial charge in [0.05, 0.1) is 11.9 Å². The zero-order chi connectivity index (χ0) is 12.4. The van der Waals surface area contributed by atoms with Crippen LogP contribution in [0.1, 0.15) is 35.6 Å². The monoisotopic (exact) mass is 233 g/mol. The molecule has 0 radical (unpaired) electrons. The average molecular weight is 233 g/mol. The van der Waals surface area contributed by atoms with E-state index in [-0.39, 0.29) is 6.04 Å². The SMILES string of the molecule is Cc1cc(CNC(C)c2cnn(C)c2C)n[nH]1. The Labute approximate surface area is 101 Å². The molecule has 17 heavy (non-hydrogen) atoms. The average Bonchev–Trinajstić information content (AvgIpc) is 2.84. The summed E-state index contributed by atoms with van der Waals surface area (Å²) in [5, 5.41) is 14.8. The third-order valence-electron chi connectivity index (χ3n) is 3.09. The highest BCUT2D eigenvalue weighted by Gasteiger charge is 2.11. The highest BCUT2D eigenvalue weighted by molar-refractivity contribution is 5.20. The van der Waals surface area contributed by atoms with Crippen LogP contribution in [0.2, 0.25) is 0 Å². The second kappa shape index (κ2) is 4.71. The lowest BCUT2D eigenvalue weighted by Crippen LogP contribution is -2.18. The summed E-state index contributed by atoms with van der Waals surface area (Å²) in [6.07, 6.45) is 1.92. The van der Waals surface area contributed by atoms with E-state index in [2.05, 4.69) is 40.5 Å². The summed E-state index contributed by atoms with van der Waals surface area (Å²) >= 11 is 0. The van der Waals surface area contributed by atoms with E-state index < -0.39 is 0 Å². The summed E-state index contributed by atoms with van der Waals surface area (Å²) in [5.74, 6) is 0. The molecule has 2 heterocycles. The molecule has 0 spiro atoms. The summed E-state index contributed by atoms with van der Waals surface area (Å²) < 4.78 is 1.90. The predicted octanol–water partition coefficient (Wildman–Crippen LogP) is 1.61. The third-order valence-corrected chi connectivity index (χ3v) is 3.09. The van der Waals surface area contributed by atoms with Crippen molar-refractivity contribution < 1.29 is 0 Å². The largest absolute Gasteiger partial charge is 0.304 e. The van der Waals surface area contributed by atoms with E-state index in [9.17, 15) is 0 Å². The zero-order valence-electron chi connectivity index (χ0n) is 10.8. The van der Waals surface area contributed by atoms with Crippen LogP contribution >= 0.6 is 0 Å². The van der Waals surface area contributed by atoms with Crippen molar-refractivity contribution in [2.24, 2.45) is 7.05 Å². The van der Waals surface area contributed by atoms with E-state index in [0.717, 1.165) is 17.9 Å². The summed E-state index contributed by atoms with van der Waals surface area (Å²) in [6, 6.07) is 2.33. The van der Waals surface area contributed by atoms with Gasteiger partial charge >= 0.3 is 0 Å². The number of aryl methyl sites for hydroxylation is 2. The Hall–Kier alpha value is -1.62. The molecular weight excluding hydrogens is 214 g/mol. The Morgan fingerprint density at radius 2 is 2.24 bits per heavy atom. The van der Waals surface area contributed by atoms with Gasteiger partial charge in [-0.15, -0.1) is 0 Å². The van der Waals surface area contributed by atoms with Crippen molar-refractivity contribution in [2.75, 3.05) is 0 Å². The summed E-state index contributed by atoms with van der Waals surface area (Å²) in [5.41, 5.74) is 4.56. The van der Waals surface area contributed by atoms with Gasteiger partial charge in [0.15, 0.2) is 0 Å². The Balaban J connectivity index is 1.98. The van der Waals surface area contributed by atoms with Gasteiger partial charge in [0.1, 0.15) is 0 Å². The number of hydrogen-bond acceptors (Lipinski definition) is 3. The molecule has 1 unspecified atom stereocenters. The van der Waals surface area contributed by atoms with Crippen LogP contribution in [-0.2, 0) is 13.6 Å². The highest BCUT2D eigenvalue weighted by atomic mass is 15.3. The molecule has 0 aliphatic rings. The van der Waals surface area contributed by atoms with E-state index in [1.54, 1.807) is 0 Å². The first kappa shape index (κ1) is 11.9. The minimum atomic E-state index is 0.278. The van der Waals surface area contributed by atoms with E-state index in [4.69, 9.17) is 0 Å². The Morgan fingerprint density at radius 3 is 2.76 bits per heavy atom.